The summed E-state index contributed by atoms with van der Waals surface area (Å²) in [6, 6.07) is 16.5. The maximum absolute atomic E-state index is 12.0. The molecule has 0 spiro atoms. The molecule has 3 aromatic rings. The Labute approximate surface area is 137 Å². The van der Waals surface area contributed by atoms with Crippen LogP contribution in [-0.2, 0) is 4.79 Å². The summed E-state index contributed by atoms with van der Waals surface area (Å²) in [5, 5.41) is 15.0. The summed E-state index contributed by atoms with van der Waals surface area (Å²) in [6.07, 6.45) is 1.91. The van der Waals surface area contributed by atoms with Gasteiger partial charge in [-0.2, -0.15) is 0 Å². The van der Waals surface area contributed by atoms with Crippen molar-refractivity contribution in [1.82, 2.24) is 5.32 Å². The number of fused-ring (bicyclic) bond motifs is 2. The predicted octanol–water partition coefficient (Wildman–Crippen LogP) is 4.44. The molecule has 0 saturated carbocycles. The molecule has 3 nitrogen and oxygen atoms in total. The highest BCUT2D eigenvalue weighted by molar-refractivity contribution is 8.18. The predicted molar refractivity (Wildman–Crippen MR) is 97.6 cm³/mol. The molecule has 112 valence electrons. The van der Waals surface area contributed by atoms with Crippen LogP contribution in [0.15, 0.2) is 53.4 Å². The molecule has 0 aliphatic carbocycles. The van der Waals surface area contributed by atoms with Gasteiger partial charge in [0.1, 0.15) is 0 Å². The summed E-state index contributed by atoms with van der Waals surface area (Å²) < 4.78 is 0. The van der Waals surface area contributed by atoms with E-state index < -0.39 is 0 Å². The van der Waals surface area contributed by atoms with Crippen molar-refractivity contribution in [2.45, 2.75) is 6.92 Å². The van der Waals surface area contributed by atoms with Gasteiger partial charge in [0, 0.05) is 0 Å². The third-order valence-corrected chi connectivity index (χ3v) is 5.01. The number of carbonyl (C=O) groups excluding carboxylic acids is 1. The molecular weight excluding hydrogens is 304 g/mol. The van der Waals surface area contributed by atoms with Crippen molar-refractivity contribution < 1.29 is 4.79 Å². The lowest BCUT2D eigenvalue weighted by Crippen LogP contribution is -2.18. The van der Waals surface area contributed by atoms with E-state index in [1.54, 1.807) is 0 Å². The summed E-state index contributed by atoms with van der Waals surface area (Å²) in [5.41, 5.74) is 2.28. The topological polar surface area (TPSA) is 53.0 Å². The summed E-state index contributed by atoms with van der Waals surface area (Å²) in [4.78, 5) is 12.6. The van der Waals surface area contributed by atoms with E-state index in [0.717, 1.165) is 16.3 Å². The van der Waals surface area contributed by atoms with Crippen molar-refractivity contribution in [3.05, 3.63) is 64.6 Å². The highest BCUT2D eigenvalue weighted by atomic mass is 32.2. The van der Waals surface area contributed by atoms with E-state index in [2.05, 4.69) is 36.5 Å². The second-order valence-electron chi connectivity index (χ2n) is 5.52. The third kappa shape index (κ3) is 2.23. The van der Waals surface area contributed by atoms with Crippen LogP contribution in [0.5, 0.6) is 0 Å². The van der Waals surface area contributed by atoms with Gasteiger partial charge in [-0.25, -0.2) is 0 Å². The molecule has 0 radical (unpaired) electrons. The Morgan fingerprint density at radius 3 is 1.96 bits per heavy atom. The maximum atomic E-state index is 12.0. The van der Waals surface area contributed by atoms with Gasteiger partial charge in [0.15, 0.2) is 5.17 Å². The lowest BCUT2D eigenvalue weighted by atomic mass is 9.92. The molecule has 3 aromatic carbocycles. The Kier molecular flexibility index (Phi) is 3.20. The van der Waals surface area contributed by atoms with Crippen molar-refractivity contribution in [3.63, 3.8) is 0 Å². The Morgan fingerprint density at radius 2 is 1.48 bits per heavy atom. The summed E-state index contributed by atoms with van der Waals surface area (Å²) >= 11 is 1.17. The summed E-state index contributed by atoms with van der Waals surface area (Å²) in [6.45, 7) is 2.13. The molecule has 0 atom stereocenters. The lowest BCUT2D eigenvalue weighted by Gasteiger charge is -2.12. The molecular formula is C19H14N2OS. The molecule has 1 aliphatic rings. The highest BCUT2D eigenvalue weighted by Crippen LogP contribution is 2.35. The Morgan fingerprint density at radius 1 is 0.957 bits per heavy atom. The number of hydrogen-bond donors (Lipinski definition) is 2. The number of aryl methyl sites for hydroxylation is 1. The summed E-state index contributed by atoms with van der Waals surface area (Å²) in [7, 11) is 0. The van der Waals surface area contributed by atoms with Crippen LogP contribution in [0.3, 0.4) is 0 Å². The minimum atomic E-state index is -0.200. The fourth-order valence-electron chi connectivity index (χ4n) is 3.11. The van der Waals surface area contributed by atoms with Gasteiger partial charge < -0.3 is 5.32 Å². The molecule has 0 unspecified atom stereocenters. The molecule has 1 aliphatic heterocycles. The van der Waals surface area contributed by atoms with E-state index in [4.69, 9.17) is 5.41 Å². The number of thioether (sulfide) groups is 1. The van der Waals surface area contributed by atoms with E-state index in [1.165, 1.54) is 28.1 Å². The van der Waals surface area contributed by atoms with Crippen molar-refractivity contribution in [2.24, 2.45) is 0 Å². The number of carbonyl (C=O) groups is 1. The smallest absolute Gasteiger partial charge is 0.264 e. The molecule has 0 aromatic heterocycles. The third-order valence-electron chi connectivity index (χ3n) is 4.18. The van der Waals surface area contributed by atoms with Crippen LogP contribution in [0.2, 0.25) is 0 Å². The zero-order valence-electron chi connectivity index (χ0n) is 12.5. The molecule has 2 N–H and O–H groups in total. The van der Waals surface area contributed by atoms with Crippen LogP contribution in [0.1, 0.15) is 11.1 Å². The number of nitrogens with one attached hydrogen (secondary N) is 2. The fraction of sp³-hybridized carbons (Fsp3) is 0.0526. The highest BCUT2D eigenvalue weighted by Gasteiger charge is 2.23. The van der Waals surface area contributed by atoms with Gasteiger partial charge in [-0.1, -0.05) is 48.5 Å². The first-order chi connectivity index (χ1) is 11.1. The minimum absolute atomic E-state index is 0.182. The van der Waals surface area contributed by atoms with Crippen molar-refractivity contribution in [2.75, 3.05) is 0 Å². The summed E-state index contributed by atoms with van der Waals surface area (Å²) in [5.74, 6) is -0.200. The van der Waals surface area contributed by atoms with E-state index >= 15 is 0 Å². The van der Waals surface area contributed by atoms with E-state index in [1.807, 2.05) is 30.3 Å². The van der Waals surface area contributed by atoms with Crippen LogP contribution in [0.25, 0.3) is 27.6 Å². The normalized spacial score (nSPS) is 16.5. The molecule has 1 fully saturated rings. The SMILES string of the molecule is Cc1c2ccccc2c(C=C2SC(=N)NC2=O)c2ccccc12. The Bertz CT molecular complexity index is 963. The Hall–Kier alpha value is -2.59. The Balaban J connectivity index is 2.11. The number of benzene rings is 3. The van der Waals surface area contributed by atoms with Gasteiger partial charge in [0.2, 0.25) is 0 Å². The first-order valence-corrected chi connectivity index (χ1v) is 8.16. The zero-order valence-corrected chi connectivity index (χ0v) is 13.3. The second-order valence-corrected chi connectivity index (χ2v) is 6.58. The quantitative estimate of drug-likeness (QED) is 0.515. The molecule has 1 amide bonds. The lowest BCUT2D eigenvalue weighted by molar-refractivity contribution is -0.115. The van der Waals surface area contributed by atoms with Crippen LogP contribution >= 0.6 is 11.8 Å². The second kappa shape index (κ2) is 5.25. The standard InChI is InChI=1S/C19H14N2OS/c1-11-12-6-2-4-8-14(12)16(15-9-5-3-7-13(11)15)10-17-18(22)21-19(20)23-17/h2-10H,1H3,(H2,20,21,22). The first-order valence-electron chi connectivity index (χ1n) is 7.34. The molecule has 1 saturated heterocycles. The van der Waals surface area contributed by atoms with Gasteiger partial charge in [-0.05, 0) is 57.4 Å². The van der Waals surface area contributed by atoms with E-state index in [0.29, 0.717) is 4.91 Å². The molecule has 23 heavy (non-hydrogen) atoms. The van der Waals surface area contributed by atoms with Crippen molar-refractivity contribution in [1.29, 1.82) is 5.41 Å². The van der Waals surface area contributed by atoms with Gasteiger partial charge in [0.05, 0.1) is 4.91 Å². The zero-order chi connectivity index (χ0) is 16.0. The minimum Gasteiger partial charge on any atom is -0.301 e. The fourth-order valence-corrected chi connectivity index (χ4v) is 3.79. The number of amides is 1. The largest absolute Gasteiger partial charge is 0.301 e. The average Bonchev–Trinajstić information content (AvgIpc) is 2.89. The van der Waals surface area contributed by atoms with Gasteiger partial charge in [-0.3, -0.25) is 10.2 Å². The maximum Gasteiger partial charge on any atom is 0.264 e. The number of hydrogen-bond acceptors (Lipinski definition) is 3. The van der Waals surface area contributed by atoms with Crippen LogP contribution in [0, 0.1) is 12.3 Å². The van der Waals surface area contributed by atoms with Crippen molar-refractivity contribution >= 4 is 50.5 Å². The molecule has 0 bridgehead atoms. The first kappa shape index (κ1) is 14.0. The molecule has 4 heteroatoms. The van der Waals surface area contributed by atoms with E-state index in [-0.39, 0.29) is 11.1 Å². The van der Waals surface area contributed by atoms with Crippen LogP contribution < -0.4 is 5.32 Å². The average molecular weight is 318 g/mol. The van der Waals surface area contributed by atoms with E-state index in [9.17, 15) is 4.79 Å². The van der Waals surface area contributed by atoms with Crippen molar-refractivity contribution in [3.8, 4) is 0 Å². The van der Waals surface area contributed by atoms with Gasteiger partial charge in [-0.15, -0.1) is 0 Å². The van der Waals surface area contributed by atoms with Crippen LogP contribution in [0.4, 0.5) is 0 Å². The van der Waals surface area contributed by atoms with Gasteiger partial charge >= 0.3 is 0 Å². The number of amidine groups is 1. The van der Waals surface area contributed by atoms with Gasteiger partial charge in [0.25, 0.3) is 5.91 Å². The molecule has 4 rings (SSSR count). The molecule has 1 heterocycles. The number of rotatable bonds is 1. The van der Waals surface area contributed by atoms with Crippen LogP contribution in [-0.4, -0.2) is 11.1 Å². The monoisotopic (exact) mass is 318 g/mol.